The summed E-state index contributed by atoms with van der Waals surface area (Å²) in [6.45, 7) is 9.29. The van der Waals surface area contributed by atoms with Crippen molar-refractivity contribution < 1.29 is 0 Å². The smallest absolute Gasteiger partial charge is 0.253 e. The molecule has 32 heavy (non-hydrogen) atoms. The van der Waals surface area contributed by atoms with Gasteiger partial charge < -0.3 is 9.80 Å². The number of hydrogen-bond donors (Lipinski definition) is 0. The molecule has 0 spiro atoms. The first-order chi connectivity index (χ1) is 15.7. The quantitative estimate of drug-likeness (QED) is 0.418. The monoisotopic (exact) mass is 446 g/mol. The molecule has 8 nitrogen and oxygen atoms in total. The van der Waals surface area contributed by atoms with Gasteiger partial charge in [-0.15, -0.1) is 5.10 Å². The van der Waals surface area contributed by atoms with Crippen molar-refractivity contribution in [2.45, 2.75) is 24.8 Å². The molecule has 0 unspecified atom stereocenters. The maximum absolute atomic E-state index is 4.86. The Labute approximate surface area is 191 Å². The Bertz CT molecular complexity index is 1200. The molecule has 0 amide bonds. The highest BCUT2D eigenvalue weighted by atomic mass is 32.2. The first-order valence-corrected chi connectivity index (χ1v) is 11.9. The molecule has 4 heterocycles. The molecule has 1 aromatic carbocycles. The number of nitrogens with zero attached hydrogens (tertiary/aromatic N) is 8. The van der Waals surface area contributed by atoms with Gasteiger partial charge in [0.2, 0.25) is 11.1 Å². The molecule has 4 aromatic rings. The Balaban J connectivity index is 1.38. The molecule has 0 radical (unpaired) electrons. The lowest BCUT2D eigenvalue weighted by atomic mass is 10.2. The van der Waals surface area contributed by atoms with E-state index in [2.05, 4.69) is 43.8 Å². The topological polar surface area (TPSA) is 75.3 Å². The lowest BCUT2D eigenvalue weighted by Crippen LogP contribution is -2.46. The van der Waals surface area contributed by atoms with Crippen LogP contribution in [0.5, 0.6) is 0 Å². The Hall–Kier alpha value is -3.04. The number of anilines is 1. The number of benzene rings is 1. The van der Waals surface area contributed by atoms with Crippen LogP contribution in [0, 0.1) is 6.92 Å². The molecule has 1 saturated heterocycles. The molecule has 9 heteroatoms. The van der Waals surface area contributed by atoms with Crippen LogP contribution in [0.1, 0.15) is 18.2 Å². The first kappa shape index (κ1) is 20.8. The Kier molecular flexibility index (Phi) is 6.00. The summed E-state index contributed by atoms with van der Waals surface area (Å²) in [5.41, 5.74) is 4.01. The fourth-order valence-corrected chi connectivity index (χ4v) is 4.65. The van der Waals surface area contributed by atoms with Crippen LogP contribution in [0.15, 0.2) is 53.9 Å². The second-order valence-electron chi connectivity index (χ2n) is 7.80. The van der Waals surface area contributed by atoms with Gasteiger partial charge in [-0.2, -0.15) is 9.50 Å². The summed E-state index contributed by atoms with van der Waals surface area (Å²) in [6.07, 6.45) is 3.67. The van der Waals surface area contributed by atoms with Crippen LogP contribution in [0.3, 0.4) is 0 Å². The molecule has 3 aromatic heterocycles. The van der Waals surface area contributed by atoms with E-state index in [1.807, 2.05) is 48.1 Å². The summed E-state index contributed by atoms with van der Waals surface area (Å²) >= 11 is 1.61. The second-order valence-corrected chi connectivity index (χ2v) is 8.74. The Morgan fingerprint density at radius 2 is 1.78 bits per heavy atom. The average Bonchev–Trinajstić information content (AvgIpc) is 3.28. The molecule has 1 fully saturated rings. The highest BCUT2D eigenvalue weighted by Gasteiger charge is 2.19. The van der Waals surface area contributed by atoms with Gasteiger partial charge in [0, 0.05) is 49.9 Å². The molecule has 1 aliphatic rings. The highest BCUT2D eigenvalue weighted by Crippen LogP contribution is 2.25. The van der Waals surface area contributed by atoms with Gasteiger partial charge in [-0.05, 0) is 25.1 Å². The zero-order valence-corrected chi connectivity index (χ0v) is 19.2. The number of thioether (sulfide) groups is 1. The molecule has 0 N–H and O–H groups in total. The molecule has 0 atom stereocenters. The van der Waals surface area contributed by atoms with E-state index >= 15 is 0 Å². The number of piperazine rings is 1. The van der Waals surface area contributed by atoms with Gasteiger partial charge in [0.1, 0.15) is 0 Å². The van der Waals surface area contributed by atoms with Crippen LogP contribution < -0.4 is 4.90 Å². The fraction of sp³-hybridized carbons (Fsp3) is 0.348. The maximum atomic E-state index is 4.86. The largest absolute Gasteiger partial charge is 0.338 e. The lowest BCUT2D eigenvalue weighted by molar-refractivity contribution is 0.270. The standard InChI is InChI=1S/C23H26N8S/c1-3-29-11-13-30(14-12-29)21-24-10-9-20(26-21)19-15-25-22-27-23(28-31(22)17(19)2)32-16-18-7-5-4-6-8-18/h4-10,15H,3,11-14,16H2,1-2H3. The van der Waals surface area contributed by atoms with Crippen molar-refractivity contribution in [1.29, 1.82) is 0 Å². The van der Waals surface area contributed by atoms with E-state index in [-0.39, 0.29) is 0 Å². The summed E-state index contributed by atoms with van der Waals surface area (Å²) in [7, 11) is 0. The van der Waals surface area contributed by atoms with Crippen molar-refractivity contribution in [2.24, 2.45) is 0 Å². The molecular weight excluding hydrogens is 420 g/mol. The Morgan fingerprint density at radius 3 is 2.56 bits per heavy atom. The van der Waals surface area contributed by atoms with Gasteiger partial charge in [0.05, 0.1) is 11.4 Å². The molecule has 1 aliphatic heterocycles. The number of aromatic nitrogens is 6. The van der Waals surface area contributed by atoms with Gasteiger partial charge in [0.25, 0.3) is 5.78 Å². The molecular formula is C23H26N8S. The van der Waals surface area contributed by atoms with E-state index < -0.39 is 0 Å². The van der Waals surface area contributed by atoms with E-state index in [4.69, 9.17) is 10.1 Å². The fourth-order valence-electron chi connectivity index (χ4n) is 3.87. The van der Waals surface area contributed by atoms with E-state index in [1.54, 1.807) is 11.8 Å². The van der Waals surface area contributed by atoms with Crippen LogP contribution in [-0.2, 0) is 5.75 Å². The van der Waals surface area contributed by atoms with Gasteiger partial charge in [-0.3, -0.25) is 0 Å². The minimum atomic E-state index is 0.603. The predicted molar refractivity (Wildman–Crippen MR) is 127 cm³/mol. The summed E-state index contributed by atoms with van der Waals surface area (Å²) in [4.78, 5) is 23.2. The molecule has 5 rings (SSSR count). The van der Waals surface area contributed by atoms with Gasteiger partial charge in [-0.25, -0.2) is 15.0 Å². The number of hydrogen-bond acceptors (Lipinski definition) is 8. The summed E-state index contributed by atoms with van der Waals surface area (Å²) in [6, 6.07) is 12.3. The van der Waals surface area contributed by atoms with E-state index in [1.165, 1.54) is 5.56 Å². The summed E-state index contributed by atoms with van der Waals surface area (Å²) in [5, 5.41) is 5.41. The van der Waals surface area contributed by atoms with Crippen LogP contribution in [-0.4, -0.2) is 67.2 Å². The normalized spacial score (nSPS) is 14.9. The zero-order valence-electron chi connectivity index (χ0n) is 18.3. The van der Waals surface area contributed by atoms with Crippen molar-refractivity contribution in [3.05, 3.63) is 60.0 Å². The van der Waals surface area contributed by atoms with Crippen molar-refractivity contribution in [3.8, 4) is 11.3 Å². The van der Waals surface area contributed by atoms with Crippen LogP contribution in [0.4, 0.5) is 5.95 Å². The Morgan fingerprint density at radius 1 is 0.969 bits per heavy atom. The van der Waals surface area contributed by atoms with Gasteiger partial charge in [-0.1, -0.05) is 49.0 Å². The SMILES string of the molecule is CCN1CCN(c2nccc(-c3cnc4nc(SCc5ccccc5)nn4c3C)n2)CC1. The van der Waals surface area contributed by atoms with Gasteiger partial charge >= 0.3 is 0 Å². The minimum Gasteiger partial charge on any atom is -0.338 e. The van der Waals surface area contributed by atoms with Crippen molar-refractivity contribution in [2.75, 3.05) is 37.6 Å². The first-order valence-electron chi connectivity index (χ1n) is 10.9. The van der Waals surface area contributed by atoms with Crippen LogP contribution >= 0.6 is 11.8 Å². The van der Waals surface area contributed by atoms with E-state index in [9.17, 15) is 0 Å². The predicted octanol–water partition coefficient (Wildman–Crippen LogP) is 3.32. The molecule has 0 saturated carbocycles. The second kappa shape index (κ2) is 9.22. The van der Waals surface area contributed by atoms with Crippen molar-refractivity contribution in [3.63, 3.8) is 0 Å². The molecule has 0 aliphatic carbocycles. The third kappa shape index (κ3) is 4.31. The summed E-state index contributed by atoms with van der Waals surface area (Å²) < 4.78 is 1.81. The number of likely N-dealkylation sites (N-methyl/N-ethyl adjacent to an activating group) is 1. The van der Waals surface area contributed by atoms with E-state index in [0.29, 0.717) is 5.78 Å². The van der Waals surface area contributed by atoms with Crippen molar-refractivity contribution >= 4 is 23.5 Å². The molecule has 164 valence electrons. The summed E-state index contributed by atoms with van der Waals surface area (Å²) in [5.74, 6) is 2.20. The van der Waals surface area contributed by atoms with E-state index in [0.717, 1.165) is 66.5 Å². The highest BCUT2D eigenvalue weighted by molar-refractivity contribution is 7.98. The lowest BCUT2D eigenvalue weighted by Gasteiger charge is -2.34. The minimum absolute atomic E-state index is 0.603. The molecule has 0 bridgehead atoms. The zero-order chi connectivity index (χ0) is 21.9. The third-order valence-corrected chi connectivity index (χ3v) is 6.73. The van der Waals surface area contributed by atoms with Gasteiger partial charge in [0.15, 0.2) is 0 Å². The number of fused-ring (bicyclic) bond motifs is 1. The maximum Gasteiger partial charge on any atom is 0.253 e. The number of aryl methyl sites for hydroxylation is 1. The van der Waals surface area contributed by atoms with Crippen molar-refractivity contribution in [1.82, 2.24) is 34.4 Å². The average molecular weight is 447 g/mol. The van der Waals surface area contributed by atoms with Crippen LogP contribution in [0.25, 0.3) is 17.0 Å². The van der Waals surface area contributed by atoms with Crippen LogP contribution in [0.2, 0.25) is 0 Å². The third-order valence-electron chi connectivity index (χ3n) is 5.82. The number of rotatable bonds is 6.